The van der Waals surface area contributed by atoms with Crippen LogP contribution in [0, 0.1) is 0 Å². The van der Waals surface area contributed by atoms with Gasteiger partial charge in [-0.1, -0.05) is 39.0 Å². The van der Waals surface area contributed by atoms with E-state index in [0.717, 1.165) is 11.4 Å². The number of nitrogens with zero attached hydrogens (tertiary/aromatic N) is 1. The summed E-state index contributed by atoms with van der Waals surface area (Å²) in [6.07, 6.45) is 1.14. The Morgan fingerprint density at radius 2 is 1.86 bits per heavy atom. The molecule has 2 aromatic rings. The highest BCUT2D eigenvalue weighted by Gasteiger charge is 2.17. The van der Waals surface area contributed by atoms with Crippen LogP contribution in [-0.4, -0.2) is 18.2 Å². The molecule has 1 amide bonds. The van der Waals surface area contributed by atoms with Crippen LogP contribution in [0.1, 0.15) is 26.3 Å². The van der Waals surface area contributed by atoms with Crippen molar-refractivity contribution in [2.45, 2.75) is 26.2 Å². The summed E-state index contributed by atoms with van der Waals surface area (Å²) in [4.78, 5) is 15.3. The Morgan fingerprint density at radius 3 is 2.45 bits per heavy atom. The number of methoxy groups -OCH3 is 1. The van der Waals surface area contributed by atoms with E-state index in [4.69, 9.17) is 0 Å². The zero-order valence-electron chi connectivity index (χ0n) is 13.3. The molecule has 0 aliphatic rings. The molecule has 5 nitrogen and oxygen atoms in total. The fourth-order valence-electron chi connectivity index (χ4n) is 2.10. The highest BCUT2D eigenvalue weighted by atomic mass is 16.5. The molecule has 0 fully saturated rings. The summed E-state index contributed by atoms with van der Waals surface area (Å²) in [6.45, 7) is 6.53. The van der Waals surface area contributed by atoms with Gasteiger partial charge in [0.15, 0.2) is 0 Å². The minimum atomic E-state index is -0.536. The molecule has 1 aromatic carbocycles. The quantitative estimate of drug-likeness (QED) is 0.887. The molecule has 0 aliphatic heterocycles. The van der Waals surface area contributed by atoms with Crippen molar-refractivity contribution in [1.29, 1.82) is 0 Å². The molecule has 2 rings (SSSR count). The molecule has 0 saturated heterocycles. The molecule has 0 atom stereocenters. The fourth-order valence-corrected chi connectivity index (χ4v) is 2.10. The third-order valence-corrected chi connectivity index (χ3v) is 3.19. The summed E-state index contributed by atoms with van der Waals surface area (Å²) in [5, 5.41) is 5.89. The Hall–Kier alpha value is -2.56. The number of rotatable bonds is 3. The molecule has 0 radical (unpaired) electrons. The van der Waals surface area contributed by atoms with Crippen LogP contribution in [0.3, 0.4) is 0 Å². The van der Waals surface area contributed by atoms with Crippen molar-refractivity contribution in [2.75, 3.05) is 17.7 Å². The summed E-state index contributed by atoms with van der Waals surface area (Å²) in [6, 6.07) is 11.8. The maximum Gasteiger partial charge on any atom is 0.412 e. The standard InChI is InChI=1S/C17H21N3O2/c1-17(2,3)13-7-5-6-8-14(13)19-12-9-10-15(18-11-12)20-16(21)22-4/h5-11,19H,1-4H3,(H,18,20,21). The van der Waals surface area contributed by atoms with Gasteiger partial charge in [-0.3, -0.25) is 5.32 Å². The van der Waals surface area contributed by atoms with Crippen molar-refractivity contribution in [3.05, 3.63) is 48.2 Å². The molecule has 2 N–H and O–H groups in total. The number of carbonyl (C=O) groups excluding carboxylic acids is 1. The second-order valence-corrected chi connectivity index (χ2v) is 5.97. The van der Waals surface area contributed by atoms with E-state index in [-0.39, 0.29) is 5.41 Å². The predicted octanol–water partition coefficient (Wildman–Crippen LogP) is 4.30. The largest absolute Gasteiger partial charge is 0.453 e. The van der Waals surface area contributed by atoms with Crippen molar-refractivity contribution in [1.82, 2.24) is 4.98 Å². The summed E-state index contributed by atoms with van der Waals surface area (Å²) < 4.78 is 4.53. The number of para-hydroxylation sites is 1. The summed E-state index contributed by atoms with van der Waals surface area (Å²) in [5.74, 6) is 0.446. The Labute approximate surface area is 130 Å². The van der Waals surface area contributed by atoms with E-state index in [2.05, 4.69) is 47.2 Å². The first-order valence-corrected chi connectivity index (χ1v) is 7.08. The second kappa shape index (κ2) is 6.47. The van der Waals surface area contributed by atoms with Crippen LogP contribution in [0.25, 0.3) is 0 Å². The SMILES string of the molecule is COC(=O)Nc1ccc(Nc2ccccc2C(C)(C)C)cn1. The third-order valence-electron chi connectivity index (χ3n) is 3.19. The van der Waals surface area contributed by atoms with E-state index in [1.165, 1.54) is 12.7 Å². The van der Waals surface area contributed by atoms with Gasteiger partial charge < -0.3 is 10.1 Å². The van der Waals surface area contributed by atoms with Gasteiger partial charge >= 0.3 is 6.09 Å². The van der Waals surface area contributed by atoms with Crippen LogP contribution in [0.4, 0.5) is 22.0 Å². The Bertz CT molecular complexity index is 646. The smallest absolute Gasteiger partial charge is 0.412 e. The maximum atomic E-state index is 11.1. The van der Waals surface area contributed by atoms with Crippen LogP contribution in [0.15, 0.2) is 42.6 Å². The molecular formula is C17H21N3O2. The van der Waals surface area contributed by atoms with Gasteiger partial charge in [0.05, 0.1) is 19.0 Å². The van der Waals surface area contributed by atoms with Gasteiger partial charge in [0.2, 0.25) is 0 Å². The molecule has 22 heavy (non-hydrogen) atoms. The number of anilines is 3. The number of hydrogen-bond donors (Lipinski definition) is 2. The first-order chi connectivity index (χ1) is 10.4. The first-order valence-electron chi connectivity index (χ1n) is 7.08. The van der Waals surface area contributed by atoms with Crippen LogP contribution in [0.2, 0.25) is 0 Å². The molecule has 1 heterocycles. The zero-order valence-corrected chi connectivity index (χ0v) is 13.3. The number of aromatic nitrogens is 1. The van der Waals surface area contributed by atoms with Gasteiger partial charge in [0, 0.05) is 5.69 Å². The molecule has 1 aromatic heterocycles. The van der Waals surface area contributed by atoms with E-state index in [9.17, 15) is 4.79 Å². The van der Waals surface area contributed by atoms with E-state index in [1.807, 2.05) is 24.3 Å². The fraction of sp³-hybridized carbons (Fsp3) is 0.294. The monoisotopic (exact) mass is 299 g/mol. The second-order valence-electron chi connectivity index (χ2n) is 5.97. The van der Waals surface area contributed by atoms with Crippen LogP contribution in [-0.2, 0) is 10.2 Å². The lowest BCUT2D eigenvalue weighted by Gasteiger charge is -2.23. The molecule has 0 unspecified atom stereocenters. The van der Waals surface area contributed by atoms with Crippen molar-refractivity contribution in [3.63, 3.8) is 0 Å². The van der Waals surface area contributed by atoms with Gasteiger partial charge in [-0.25, -0.2) is 9.78 Å². The van der Waals surface area contributed by atoms with Gasteiger partial charge in [-0.15, -0.1) is 0 Å². The van der Waals surface area contributed by atoms with Gasteiger partial charge in [-0.05, 0) is 29.2 Å². The van der Waals surface area contributed by atoms with Gasteiger partial charge in [0.25, 0.3) is 0 Å². The van der Waals surface area contributed by atoms with Crippen LogP contribution >= 0.6 is 0 Å². The molecule has 0 spiro atoms. The summed E-state index contributed by atoms with van der Waals surface area (Å²) in [7, 11) is 1.31. The minimum absolute atomic E-state index is 0.0450. The number of nitrogens with one attached hydrogen (secondary N) is 2. The van der Waals surface area contributed by atoms with E-state index in [1.54, 1.807) is 12.3 Å². The highest BCUT2D eigenvalue weighted by Crippen LogP contribution is 2.31. The van der Waals surface area contributed by atoms with Crippen molar-refractivity contribution < 1.29 is 9.53 Å². The minimum Gasteiger partial charge on any atom is -0.453 e. The number of benzene rings is 1. The van der Waals surface area contributed by atoms with E-state index < -0.39 is 6.09 Å². The van der Waals surface area contributed by atoms with Crippen molar-refractivity contribution >= 4 is 23.3 Å². The van der Waals surface area contributed by atoms with E-state index >= 15 is 0 Å². The average molecular weight is 299 g/mol. The molecule has 0 aliphatic carbocycles. The Kier molecular flexibility index (Phi) is 4.65. The normalized spacial score (nSPS) is 10.9. The number of carbonyl (C=O) groups is 1. The topological polar surface area (TPSA) is 63.2 Å². The average Bonchev–Trinajstić information content (AvgIpc) is 2.48. The molecular weight excluding hydrogens is 278 g/mol. The molecule has 116 valence electrons. The first kappa shape index (κ1) is 15.8. The van der Waals surface area contributed by atoms with Crippen molar-refractivity contribution in [3.8, 4) is 0 Å². The number of hydrogen-bond acceptors (Lipinski definition) is 4. The number of pyridine rings is 1. The highest BCUT2D eigenvalue weighted by molar-refractivity contribution is 5.83. The lowest BCUT2D eigenvalue weighted by Crippen LogP contribution is -2.14. The van der Waals surface area contributed by atoms with Gasteiger partial charge in [-0.2, -0.15) is 0 Å². The van der Waals surface area contributed by atoms with Crippen LogP contribution < -0.4 is 10.6 Å². The van der Waals surface area contributed by atoms with Gasteiger partial charge in [0.1, 0.15) is 5.82 Å². The number of amides is 1. The lowest BCUT2D eigenvalue weighted by molar-refractivity contribution is 0.187. The Balaban J connectivity index is 2.17. The molecule has 5 heteroatoms. The number of ether oxygens (including phenoxy) is 1. The van der Waals surface area contributed by atoms with Crippen molar-refractivity contribution in [2.24, 2.45) is 0 Å². The molecule has 0 bridgehead atoms. The van der Waals surface area contributed by atoms with E-state index in [0.29, 0.717) is 5.82 Å². The summed E-state index contributed by atoms with van der Waals surface area (Å²) in [5.41, 5.74) is 3.17. The predicted molar refractivity (Wildman–Crippen MR) is 88.7 cm³/mol. The lowest BCUT2D eigenvalue weighted by atomic mass is 9.86. The van der Waals surface area contributed by atoms with Crippen LogP contribution in [0.5, 0.6) is 0 Å². The zero-order chi connectivity index (χ0) is 16.2. The molecule has 0 saturated carbocycles. The Morgan fingerprint density at radius 1 is 1.14 bits per heavy atom. The third kappa shape index (κ3) is 3.97. The summed E-state index contributed by atoms with van der Waals surface area (Å²) >= 11 is 0. The maximum absolute atomic E-state index is 11.1.